The van der Waals surface area contributed by atoms with Gasteiger partial charge >= 0.3 is 6.09 Å². The summed E-state index contributed by atoms with van der Waals surface area (Å²) in [6.45, 7) is 10.2. The third-order valence-electron chi connectivity index (χ3n) is 6.96. The van der Waals surface area contributed by atoms with Gasteiger partial charge in [0.2, 0.25) is 0 Å². The molecular formula is C25H34F2N6O2. The number of aromatic nitrogens is 3. The van der Waals surface area contributed by atoms with Crippen LogP contribution in [0.4, 0.5) is 19.4 Å². The van der Waals surface area contributed by atoms with E-state index in [0.29, 0.717) is 36.4 Å². The molecule has 0 aromatic carbocycles. The van der Waals surface area contributed by atoms with Crippen LogP contribution in [0.1, 0.15) is 78.3 Å². The first-order valence-electron chi connectivity index (χ1n) is 12.3. The molecule has 1 amide bonds. The van der Waals surface area contributed by atoms with E-state index >= 15 is 0 Å². The normalized spacial score (nSPS) is 25.7. The fourth-order valence-electron chi connectivity index (χ4n) is 5.29. The molecule has 1 aliphatic carbocycles. The summed E-state index contributed by atoms with van der Waals surface area (Å²) in [5.74, 6) is 0.379. The van der Waals surface area contributed by atoms with Gasteiger partial charge in [-0.25, -0.2) is 23.5 Å². The molecule has 0 bridgehead atoms. The maximum Gasteiger partial charge on any atom is 0.410 e. The van der Waals surface area contributed by atoms with Gasteiger partial charge in [-0.2, -0.15) is 5.26 Å². The van der Waals surface area contributed by atoms with Crippen molar-refractivity contribution in [2.24, 2.45) is 5.92 Å². The minimum absolute atomic E-state index is 0.0495. The maximum atomic E-state index is 14.3. The molecule has 2 aromatic rings. The van der Waals surface area contributed by atoms with Gasteiger partial charge in [-0.05, 0) is 53.9 Å². The maximum absolute atomic E-state index is 14.3. The Kier molecular flexibility index (Phi) is 6.89. The molecule has 190 valence electrons. The number of hydrogen-bond donors (Lipinski definition) is 0. The van der Waals surface area contributed by atoms with Gasteiger partial charge in [-0.3, -0.25) is 0 Å². The van der Waals surface area contributed by atoms with Gasteiger partial charge in [0.25, 0.3) is 6.43 Å². The molecule has 3 heterocycles. The first kappa shape index (κ1) is 25.1. The van der Waals surface area contributed by atoms with E-state index in [9.17, 15) is 18.8 Å². The van der Waals surface area contributed by atoms with Crippen molar-refractivity contribution in [2.45, 2.75) is 90.5 Å². The molecular weight excluding hydrogens is 454 g/mol. The Labute approximate surface area is 204 Å². The Morgan fingerprint density at radius 1 is 1.20 bits per heavy atom. The lowest BCUT2D eigenvalue weighted by Gasteiger charge is -2.44. The van der Waals surface area contributed by atoms with E-state index in [2.05, 4.69) is 16.0 Å². The number of amides is 1. The highest BCUT2D eigenvalue weighted by molar-refractivity contribution is 5.92. The average Bonchev–Trinajstić information content (AvgIpc) is 3.19. The van der Waals surface area contributed by atoms with Crippen molar-refractivity contribution in [3.63, 3.8) is 0 Å². The van der Waals surface area contributed by atoms with Gasteiger partial charge in [-0.15, -0.1) is 0 Å². The van der Waals surface area contributed by atoms with Crippen molar-refractivity contribution in [2.75, 3.05) is 18.0 Å². The van der Waals surface area contributed by atoms with Crippen LogP contribution in [0, 0.1) is 17.2 Å². The number of nitrogens with zero attached hydrogens (tertiary/aromatic N) is 6. The summed E-state index contributed by atoms with van der Waals surface area (Å²) in [4.78, 5) is 25.3. The van der Waals surface area contributed by atoms with Crippen molar-refractivity contribution in [1.29, 1.82) is 5.26 Å². The molecule has 8 nitrogen and oxygen atoms in total. The summed E-state index contributed by atoms with van der Waals surface area (Å²) in [6.07, 6.45) is 3.03. The Balaban J connectivity index is 1.69. The van der Waals surface area contributed by atoms with E-state index in [0.717, 1.165) is 19.3 Å². The quantitative estimate of drug-likeness (QED) is 0.570. The third kappa shape index (κ3) is 5.04. The second kappa shape index (κ2) is 9.59. The molecule has 3 unspecified atom stereocenters. The zero-order valence-corrected chi connectivity index (χ0v) is 21.0. The van der Waals surface area contributed by atoms with Gasteiger partial charge in [-0.1, -0.05) is 6.42 Å². The molecule has 2 aliphatic rings. The highest BCUT2D eigenvalue weighted by Gasteiger charge is 2.37. The lowest BCUT2D eigenvalue weighted by Crippen LogP contribution is -2.59. The summed E-state index contributed by atoms with van der Waals surface area (Å²) in [6, 6.07) is 1.93. The van der Waals surface area contributed by atoms with E-state index < -0.39 is 12.0 Å². The second-order valence-electron chi connectivity index (χ2n) is 10.8. The summed E-state index contributed by atoms with van der Waals surface area (Å²) < 4.78 is 35.9. The van der Waals surface area contributed by atoms with Crippen molar-refractivity contribution in [3.05, 3.63) is 18.1 Å². The number of nitriles is 1. The number of rotatable bonds is 3. The molecule has 0 spiro atoms. The van der Waals surface area contributed by atoms with Gasteiger partial charge < -0.3 is 19.1 Å². The number of piperazine rings is 1. The molecule has 2 fully saturated rings. The minimum atomic E-state index is -2.69. The highest BCUT2D eigenvalue weighted by Crippen LogP contribution is 2.40. The van der Waals surface area contributed by atoms with Crippen molar-refractivity contribution < 1.29 is 18.3 Å². The number of hydrogen-bond acceptors (Lipinski definition) is 6. The van der Waals surface area contributed by atoms with Gasteiger partial charge in [0.15, 0.2) is 0 Å². The molecule has 0 N–H and O–H groups in total. The lowest BCUT2D eigenvalue weighted by molar-refractivity contribution is 0.0130. The molecule has 1 aliphatic heterocycles. The van der Waals surface area contributed by atoms with E-state index in [1.165, 1.54) is 12.5 Å². The number of fused-ring (bicyclic) bond motifs is 1. The fraction of sp³-hybridized carbons (Fsp3) is 0.680. The van der Waals surface area contributed by atoms with Crippen molar-refractivity contribution >= 4 is 22.9 Å². The molecule has 4 atom stereocenters. The molecule has 2 aromatic heterocycles. The van der Waals surface area contributed by atoms with Crippen LogP contribution in [0.2, 0.25) is 0 Å². The molecule has 1 saturated carbocycles. The zero-order chi connectivity index (χ0) is 25.5. The van der Waals surface area contributed by atoms with Crippen molar-refractivity contribution in [1.82, 2.24) is 19.4 Å². The third-order valence-corrected chi connectivity index (χ3v) is 6.96. The summed E-state index contributed by atoms with van der Waals surface area (Å²) >= 11 is 0. The zero-order valence-electron chi connectivity index (χ0n) is 21.0. The number of carbonyl (C=O) groups excluding carboxylic acids is 1. The summed E-state index contributed by atoms with van der Waals surface area (Å²) in [5, 5.41) is 9.76. The number of alkyl halides is 2. The van der Waals surface area contributed by atoms with E-state index in [4.69, 9.17) is 4.74 Å². The van der Waals surface area contributed by atoms with Gasteiger partial charge in [0, 0.05) is 48.9 Å². The Morgan fingerprint density at radius 3 is 2.60 bits per heavy atom. The second-order valence-corrected chi connectivity index (χ2v) is 10.8. The summed E-state index contributed by atoms with van der Waals surface area (Å²) in [7, 11) is 0. The molecule has 10 heteroatoms. The van der Waals surface area contributed by atoms with E-state index in [1.54, 1.807) is 4.90 Å². The summed E-state index contributed by atoms with van der Waals surface area (Å²) in [5.41, 5.74) is -0.221. The van der Waals surface area contributed by atoms with Crippen LogP contribution in [-0.4, -0.2) is 56.3 Å². The van der Waals surface area contributed by atoms with E-state index in [1.807, 2.05) is 44.1 Å². The van der Waals surface area contributed by atoms with Crippen LogP contribution >= 0.6 is 0 Å². The number of ether oxygens (including phenoxy) is 1. The van der Waals surface area contributed by atoms with Gasteiger partial charge in [0.05, 0.1) is 11.5 Å². The number of carbonyl (C=O) groups is 1. The smallest absolute Gasteiger partial charge is 0.410 e. The van der Waals surface area contributed by atoms with Crippen molar-refractivity contribution in [3.8, 4) is 6.07 Å². The van der Waals surface area contributed by atoms with Crippen LogP contribution in [0.3, 0.4) is 0 Å². The first-order chi connectivity index (χ1) is 16.5. The van der Waals surface area contributed by atoms with Crippen LogP contribution < -0.4 is 4.90 Å². The standard InChI is InChI=1S/C25H34F2N6O2/c1-15-12-32(24(34)35-25(3,4)5)16(2)11-31(15)22-20-19(21(26)27)13-33(23(20)30-14-29-22)18-8-6-7-17(9-18)10-28/h13-18,21H,6-9,11-12H2,1-5H3/t15?,16-,17?,18?/m0/s1. The number of anilines is 1. The Bertz CT molecular complexity index is 1120. The topological polar surface area (TPSA) is 87.3 Å². The molecule has 0 radical (unpaired) electrons. The van der Waals surface area contributed by atoms with Crippen LogP contribution in [0.25, 0.3) is 11.0 Å². The van der Waals surface area contributed by atoms with Crippen LogP contribution in [0.5, 0.6) is 0 Å². The van der Waals surface area contributed by atoms with Gasteiger partial charge in [0.1, 0.15) is 23.4 Å². The predicted octanol–water partition coefficient (Wildman–Crippen LogP) is 5.46. The van der Waals surface area contributed by atoms with Crippen LogP contribution in [0.15, 0.2) is 12.5 Å². The Morgan fingerprint density at radius 2 is 1.94 bits per heavy atom. The fourth-order valence-corrected chi connectivity index (χ4v) is 5.29. The van der Waals surface area contributed by atoms with Crippen LogP contribution in [-0.2, 0) is 4.74 Å². The number of halogens is 2. The minimum Gasteiger partial charge on any atom is -0.444 e. The largest absolute Gasteiger partial charge is 0.444 e. The molecule has 1 saturated heterocycles. The SMILES string of the molecule is CC1CN(C(=O)OC(C)(C)C)[C@@H](C)CN1c1ncnc2c1c(C(F)F)cn2C1CCCC(C#N)C1. The molecule has 4 rings (SSSR count). The lowest BCUT2D eigenvalue weighted by atomic mass is 9.86. The first-order valence-corrected chi connectivity index (χ1v) is 12.3. The monoisotopic (exact) mass is 488 g/mol. The average molecular weight is 489 g/mol. The predicted molar refractivity (Wildman–Crippen MR) is 128 cm³/mol. The molecule has 35 heavy (non-hydrogen) atoms. The Hall–Kier alpha value is -2.96. The highest BCUT2D eigenvalue weighted by atomic mass is 19.3. The van der Waals surface area contributed by atoms with E-state index in [-0.39, 0.29) is 35.7 Å².